The molecule has 0 bridgehead atoms. The first-order chi connectivity index (χ1) is 15.6. The molecule has 1 amide bonds. The molecule has 10 heteroatoms. The van der Waals surface area contributed by atoms with E-state index in [-0.39, 0.29) is 37.0 Å². The number of anilines is 2. The van der Waals surface area contributed by atoms with Crippen molar-refractivity contribution < 1.29 is 24.2 Å². The van der Waals surface area contributed by atoms with Gasteiger partial charge in [0, 0.05) is 24.6 Å². The number of ether oxygens (including phenoxy) is 2. The van der Waals surface area contributed by atoms with Crippen LogP contribution >= 0.6 is 0 Å². The van der Waals surface area contributed by atoms with E-state index >= 15 is 0 Å². The van der Waals surface area contributed by atoms with Crippen LogP contribution in [0.4, 0.5) is 11.5 Å². The van der Waals surface area contributed by atoms with Gasteiger partial charge in [-0.25, -0.2) is 9.97 Å². The smallest absolute Gasteiger partial charge is 0.250 e. The van der Waals surface area contributed by atoms with Gasteiger partial charge in [-0.3, -0.25) is 9.59 Å². The summed E-state index contributed by atoms with van der Waals surface area (Å²) < 4.78 is 10.5. The van der Waals surface area contributed by atoms with Crippen LogP contribution in [-0.4, -0.2) is 70.8 Å². The van der Waals surface area contributed by atoms with Crippen molar-refractivity contribution in [1.82, 2.24) is 15.0 Å². The molecule has 168 valence electrons. The van der Waals surface area contributed by atoms with Crippen LogP contribution in [0.2, 0.25) is 0 Å². The molecule has 2 aromatic heterocycles. The molecule has 3 aromatic rings. The summed E-state index contributed by atoms with van der Waals surface area (Å²) in [5.74, 6) is 0.0135. The lowest BCUT2D eigenvalue weighted by Gasteiger charge is -2.29. The number of fused-ring (bicyclic) bond motifs is 1. The van der Waals surface area contributed by atoms with Gasteiger partial charge in [-0.1, -0.05) is 12.1 Å². The zero-order valence-corrected chi connectivity index (χ0v) is 17.6. The Bertz CT molecular complexity index is 1110. The molecular weight excluding hydrogens is 414 g/mol. The van der Waals surface area contributed by atoms with Gasteiger partial charge in [0.15, 0.2) is 5.78 Å². The van der Waals surface area contributed by atoms with Crippen LogP contribution in [0.1, 0.15) is 28.8 Å². The van der Waals surface area contributed by atoms with E-state index < -0.39 is 0 Å². The van der Waals surface area contributed by atoms with Crippen LogP contribution in [0, 0.1) is 0 Å². The molecule has 4 N–H and O–H groups in total. The third-order valence-corrected chi connectivity index (χ3v) is 5.31. The Balaban J connectivity index is 1.58. The Morgan fingerprint density at radius 3 is 2.94 bits per heavy atom. The van der Waals surface area contributed by atoms with Gasteiger partial charge in [0.05, 0.1) is 36.3 Å². The first-order valence-corrected chi connectivity index (χ1v) is 10.3. The topological polar surface area (TPSA) is 138 Å². The molecule has 32 heavy (non-hydrogen) atoms. The first kappa shape index (κ1) is 21.9. The maximum Gasteiger partial charge on any atom is 0.250 e. The predicted octanol–water partition coefficient (Wildman–Crippen LogP) is 1.73. The highest BCUT2D eigenvalue weighted by Gasteiger charge is 2.24. The molecule has 10 nitrogen and oxygen atoms in total. The number of carbonyl (C=O) groups excluding carboxylic acids is 2. The molecule has 0 aliphatic carbocycles. The summed E-state index contributed by atoms with van der Waals surface area (Å²) >= 11 is 0. The van der Waals surface area contributed by atoms with E-state index in [0.717, 1.165) is 12.8 Å². The van der Waals surface area contributed by atoms with Crippen LogP contribution in [0.3, 0.4) is 0 Å². The second-order valence-electron chi connectivity index (χ2n) is 7.60. The maximum atomic E-state index is 13.3. The van der Waals surface area contributed by atoms with Crippen LogP contribution in [0.5, 0.6) is 0 Å². The van der Waals surface area contributed by atoms with E-state index in [0.29, 0.717) is 40.3 Å². The van der Waals surface area contributed by atoms with Gasteiger partial charge in [0.1, 0.15) is 24.4 Å². The number of nitrogens with one attached hydrogen (secondary N) is 3. The fourth-order valence-electron chi connectivity index (χ4n) is 3.73. The SMILES string of the molecule is COCC(=O)Nc1cccc(C(=O)c2c[nH]c3ncnc(N[C@@H]4CC[C@@H](CO)OC4)c23)c1. The third kappa shape index (κ3) is 4.77. The molecule has 3 heterocycles. The lowest BCUT2D eigenvalue weighted by atomic mass is 10.0. The average Bonchev–Trinajstić information content (AvgIpc) is 3.25. The highest BCUT2D eigenvalue weighted by molar-refractivity contribution is 6.18. The number of aliphatic hydroxyl groups excluding tert-OH is 1. The summed E-state index contributed by atoms with van der Waals surface area (Å²) in [6.07, 6.45) is 4.46. The number of hydrogen-bond donors (Lipinski definition) is 4. The first-order valence-electron chi connectivity index (χ1n) is 10.3. The monoisotopic (exact) mass is 439 g/mol. The average molecular weight is 439 g/mol. The molecule has 4 rings (SSSR count). The number of methoxy groups -OCH3 is 1. The number of ketones is 1. The lowest BCUT2D eigenvalue weighted by Crippen LogP contribution is -2.36. The van der Waals surface area contributed by atoms with Crippen LogP contribution in [-0.2, 0) is 14.3 Å². The fourth-order valence-corrected chi connectivity index (χ4v) is 3.73. The van der Waals surface area contributed by atoms with E-state index in [1.54, 1.807) is 30.5 Å². The largest absolute Gasteiger partial charge is 0.394 e. The van der Waals surface area contributed by atoms with Crippen molar-refractivity contribution >= 4 is 34.2 Å². The number of rotatable bonds is 8. The molecule has 1 aliphatic rings. The van der Waals surface area contributed by atoms with Gasteiger partial charge >= 0.3 is 0 Å². The van der Waals surface area contributed by atoms with Gasteiger partial charge < -0.3 is 30.2 Å². The van der Waals surface area contributed by atoms with Crippen molar-refractivity contribution in [1.29, 1.82) is 0 Å². The number of aliphatic hydroxyl groups is 1. The van der Waals surface area contributed by atoms with E-state index in [1.165, 1.54) is 13.4 Å². The van der Waals surface area contributed by atoms with Gasteiger partial charge in [-0.2, -0.15) is 0 Å². The normalized spacial score (nSPS) is 18.4. The maximum absolute atomic E-state index is 13.3. The zero-order valence-electron chi connectivity index (χ0n) is 17.6. The molecule has 0 spiro atoms. The van der Waals surface area contributed by atoms with Crippen LogP contribution in [0.25, 0.3) is 11.0 Å². The summed E-state index contributed by atoms with van der Waals surface area (Å²) in [5.41, 5.74) is 1.89. The second-order valence-corrected chi connectivity index (χ2v) is 7.60. The Labute approximate surface area is 184 Å². The van der Waals surface area contributed by atoms with Gasteiger partial charge in [0.25, 0.3) is 0 Å². The van der Waals surface area contributed by atoms with Crippen LogP contribution in [0.15, 0.2) is 36.8 Å². The minimum absolute atomic E-state index is 0.00587. The highest BCUT2D eigenvalue weighted by Crippen LogP contribution is 2.28. The van der Waals surface area contributed by atoms with Gasteiger partial charge in [0.2, 0.25) is 5.91 Å². The standard InChI is InChI=1S/C22H25N5O5/c1-31-11-18(29)26-14-4-2-3-13(7-14)20(30)17-8-23-21-19(17)22(25-12-24-21)27-15-5-6-16(9-28)32-10-15/h2-4,7-8,12,15-16,28H,5-6,9-11H2,1H3,(H,26,29)(H2,23,24,25,27)/t15-,16+/m1/s1. The van der Waals surface area contributed by atoms with E-state index in [4.69, 9.17) is 9.47 Å². The Morgan fingerprint density at radius 2 is 2.19 bits per heavy atom. The minimum atomic E-state index is -0.304. The second kappa shape index (κ2) is 9.86. The van der Waals surface area contributed by atoms with Crippen molar-refractivity contribution in [3.63, 3.8) is 0 Å². The number of amides is 1. The highest BCUT2D eigenvalue weighted by atomic mass is 16.5. The quantitative estimate of drug-likeness (QED) is 0.389. The molecule has 2 atom stereocenters. The van der Waals surface area contributed by atoms with E-state index in [1.807, 2.05) is 0 Å². The van der Waals surface area contributed by atoms with Crippen molar-refractivity contribution in [3.05, 3.63) is 47.9 Å². The van der Waals surface area contributed by atoms with Crippen molar-refractivity contribution in [2.24, 2.45) is 0 Å². The molecule has 1 aliphatic heterocycles. The molecule has 1 saturated heterocycles. The number of carbonyl (C=O) groups is 2. The Morgan fingerprint density at radius 1 is 1.31 bits per heavy atom. The molecule has 0 radical (unpaired) electrons. The Kier molecular flexibility index (Phi) is 6.74. The molecular formula is C22H25N5O5. The zero-order chi connectivity index (χ0) is 22.5. The third-order valence-electron chi connectivity index (χ3n) is 5.31. The van der Waals surface area contributed by atoms with Crippen molar-refractivity contribution in [2.75, 3.05) is 37.6 Å². The fraction of sp³-hybridized carbons (Fsp3) is 0.364. The summed E-state index contributed by atoms with van der Waals surface area (Å²) in [4.78, 5) is 36.7. The summed E-state index contributed by atoms with van der Waals surface area (Å²) in [6, 6.07) is 6.73. The number of nitrogens with zero attached hydrogens (tertiary/aromatic N) is 2. The number of aromatic amines is 1. The minimum Gasteiger partial charge on any atom is -0.394 e. The van der Waals surface area contributed by atoms with Gasteiger partial charge in [-0.15, -0.1) is 0 Å². The van der Waals surface area contributed by atoms with Gasteiger partial charge in [-0.05, 0) is 25.0 Å². The molecule has 1 aromatic carbocycles. The summed E-state index contributed by atoms with van der Waals surface area (Å²) in [7, 11) is 1.44. The van der Waals surface area contributed by atoms with Crippen molar-refractivity contribution in [3.8, 4) is 0 Å². The molecule has 1 fully saturated rings. The lowest BCUT2D eigenvalue weighted by molar-refractivity contribution is -0.119. The summed E-state index contributed by atoms with van der Waals surface area (Å²) in [6.45, 7) is 0.372. The van der Waals surface area contributed by atoms with Crippen LogP contribution < -0.4 is 10.6 Å². The Hall–Kier alpha value is -3.34. The van der Waals surface area contributed by atoms with E-state index in [9.17, 15) is 14.7 Å². The number of H-pyrrole nitrogens is 1. The number of benzene rings is 1. The number of aromatic nitrogens is 3. The number of hydrogen-bond acceptors (Lipinski definition) is 8. The molecule has 0 saturated carbocycles. The molecule has 0 unspecified atom stereocenters. The summed E-state index contributed by atoms with van der Waals surface area (Å²) in [5, 5.41) is 15.9. The van der Waals surface area contributed by atoms with Crippen molar-refractivity contribution in [2.45, 2.75) is 25.0 Å². The van der Waals surface area contributed by atoms with E-state index in [2.05, 4.69) is 25.6 Å². The predicted molar refractivity (Wildman–Crippen MR) is 118 cm³/mol.